The van der Waals surface area contributed by atoms with Crippen LogP contribution in [-0.4, -0.2) is 70.8 Å². The lowest BCUT2D eigenvalue weighted by molar-refractivity contribution is -0.119. The van der Waals surface area contributed by atoms with Gasteiger partial charge in [-0.15, -0.1) is 0 Å². The van der Waals surface area contributed by atoms with Crippen LogP contribution in [0.2, 0.25) is 0 Å². The Morgan fingerprint density at radius 2 is 1.93 bits per heavy atom. The predicted octanol–water partition coefficient (Wildman–Crippen LogP) is 1.47. The standard InChI is InChI=1S/C20H26N6O3S/c1-4-30(28,29)26-10-9-25-11-16-21-15-8-6-5-7-14(15)19(22-16)24-18(13(2)3)20(27)23-17(25)12-26/h5-8,13,18H,4,9-12H2,1-3H3,(H,21,22,24)/t18-/m0/s1. The molecular weight excluding hydrogens is 404 g/mol. The summed E-state index contributed by atoms with van der Waals surface area (Å²) in [5.41, 5.74) is 0.797. The number of aliphatic imine (C=N–C) groups is 1. The van der Waals surface area contributed by atoms with Crippen molar-refractivity contribution >= 4 is 38.5 Å². The summed E-state index contributed by atoms with van der Waals surface area (Å²) >= 11 is 0. The molecule has 1 fully saturated rings. The van der Waals surface area contributed by atoms with Gasteiger partial charge in [0, 0.05) is 18.5 Å². The summed E-state index contributed by atoms with van der Waals surface area (Å²) < 4.78 is 26.2. The largest absolute Gasteiger partial charge is 0.357 e. The van der Waals surface area contributed by atoms with Crippen LogP contribution in [0, 0.1) is 5.92 Å². The zero-order valence-electron chi connectivity index (χ0n) is 17.4. The predicted molar refractivity (Wildman–Crippen MR) is 116 cm³/mol. The highest BCUT2D eigenvalue weighted by molar-refractivity contribution is 7.89. The van der Waals surface area contributed by atoms with E-state index >= 15 is 0 Å². The van der Waals surface area contributed by atoms with Crippen LogP contribution in [0.3, 0.4) is 0 Å². The molecule has 0 radical (unpaired) electrons. The quantitative estimate of drug-likeness (QED) is 0.786. The molecule has 0 unspecified atom stereocenters. The van der Waals surface area contributed by atoms with Gasteiger partial charge in [-0.1, -0.05) is 26.0 Å². The maximum atomic E-state index is 13.1. The van der Waals surface area contributed by atoms with Gasteiger partial charge in [0.2, 0.25) is 10.0 Å². The molecule has 1 aromatic heterocycles. The van der Waals surface area contributed by atoms with Gasteiger partial charge in [-0.25, -0.2) is 18.4 Å². The number of rotatable bonds is 3. The SMILES string of the molecule is CCS(=O)(=O)N1CCN2Cc3nc(c4ccccc4n3)N[C@@H](C(C)C)C(=O)N=C2C1. The molecule has 160 valence electrons. The fraction of sp³-hybridized carbons (Fsp3) is 0.500. The number of aromatic nitrogens is 2. The lowest BCUT2D eigenvalue weighted by Gasteiger charge is -2.36. The van der Waals surface area contributed by atoms with E-state index in [-0.39, 0.29) is 24.1 Å². The van der Waals surface area contributed by atoms with Crippen molar-refractivity contribution < 1.29 is 13.2 Å². The molecule has 2 bridgehead atoms. The molecule has 1 amide bonds. The molecule has 9 nitrogen and oxygen atoms in total. The number of sulfonamides is 1. The first kappa shape index (κ1) is 20.7. The molecule has 4 rings (SSSR count). The number of hydrogen-bond donors (Lipinski definition) is 1. The smallest absolute Gasteiger partial charge is 0.270 e. The van der Waals surface area contributed by atoms with Crippen molar-refractivity contribution in [3.05, 3.63) is 30.1 Å². The molecule has 1 aromatic carbocycles. The normalized spacial score (nSPS) is 20.7. The van der Waals surface area contributed by atoms with E-state index in [1.54, 1.807) is 6.92 Å². The molecule has 30 heavy (non-hydrogen) atoms. The highest BCUT2D eigenvalue weighted by Crippen LogP contribution is 2.25. The molecule has 1 saturated heterocycles. The van der Waals surface area contributed by atoms with Gasteiger partial charge in [0.15, 0.2) is 5.82 Å². The van der Waals surface area contributed by atoms with Crippen LogP contribution in [0.1, 0.15) is 26.6 Å². The van der Waals surface area contributed by atoms with Crippen LogP contribution in [-0.2, 0) is 21.4 Å². The number of nitrogens with zero attached hydrogens (tertiary/aromatic N) is 5. The van der Waals surface area contributed by atoms with Crippen LogP contribution in [0.15, 0.2) is 29.3 Å². The van der Waals surface area contributed by atoms with Crippen LogP contribution in [0.25, 0.3) is 10.9 Å². The highest BCUT2D eigenvalue weighted by atomic mass is 32.2. The van der Waals surface area contributed by atoms with Crippen molar-refractivity contribution in [2.45, 2.75) is 33.4 Å². The average Bonchev–Trinajstić information content (AvgIpc) is 2.72. The van der Waals surface area contributed by atoms with Crippen LogP contribution >= 0.6 is 0 Å². The lowest BCUT2D eigenvalue weighted by atomic mass is 10.0. The Morgan fingerprint density at radius 3 is 2.67 bits per heavy atom. The monoisotopic (exact) mass is 430 g/mol. The van der Waals surface area contributed by atoms with Gasteiger partial charge in [-0.2, -0.15) is 9.30 Å². The number of amides is 1. The molecule has 2 aliphatic rings. The summed E-state index contributed by atoms with van der Waals surface area (Å²) in [5, 5.41) is 4.12. The van der Waals surface area contributed by atoms with Crippen molar-refractivity contribution in [1.29, 1.82) is 0 Å². The van der Waals surface area contributed by atoms with Gasteiger partial charge in [-0.3, -0.25) is 4.79 Å². The number of anilines is 1. The average molecular weight is 431 g/mol. The van der Waals surface area contributed by atoms with E-state index in [0.29, 0.717) is 37.1 Å². The molecule has 1 atom stereocenters. The minimum absolute atomic E-state index is 0.0154. The van der Waals surface area contributed by atoms with Gasteiger partial charge in [-0.05, 0) is 25.0 Å². The van der Waals surface area contributed by atoms with E-state index in [1.165, 1.54) is 4.31 Å². The second-order valence-corrected chi connectivity index (χ2v) is 10.2. The van der Waals surface area contributed by atoms with E-state index in [1.807, 2.05) is 43.0 Å². The van der Waals surface area contributed by atoms with Gasteiger partial charge < -0.3 is 10.2 Å². The number of carbonyl (C=O) groups excluding carboxylic acids is 1. The third kappa shape index (κ3) is 3.89. The number of piperazine rings is 1. The van der Waals surface area contributed by atoms with Crippen LogP contribution in [0.5, 0.6) is 0 Å². The summed E-state index contributed by atoms with van der Waals surface area (Å²) in [6.45, 7) is 6.71. The first-order valence-corrected chi connectivity index (χ1v) is 11.8. The maximum absolute atomic E-state index is 13.1. The summed E-state index contributed by atoms with van der Waals surface area (Å²) in [5.74, 6) is 1.32. The molecule has 1 N–H and O–H groups in total. The lowest BCUT2D eigenvalue weighted by Crippen LogP contribution is -2.53. The Labute approximate surface area is 176 Å². The fourth-order valence-electron chi connectivity index (χ4n) is 3.73. The number of amidine groups is 1. The van der Waals surface area contributed by atoms with Crippen molar-refractivity contribution in [2.24, 2.45) is 10.9 Å². The number of benzene rings is 1. The van der Waals surface area contributed by atoms with Crippen molar-refractivity contribution in [1.82, 2.24) is 19.2 Å². The number of nitrogens with one attached hydrogen (secondary N) is 1. The van der Waals surface area contributed by atoms with Gasteiger partial charge >= 0.3 is 0 Å². The Morgan fingerprint density at radius 1 is 1.17 bits per heavy atom. The van der Waals surface area contributed by atoms with Gasteiger partial charge in [0.25, 0.3) is 5.91 Å². The summed E-state index contributed by atoms with van der Waals surface area (Å²) in [6.07, 6.45) is 0. The van der Waals surface area contributed by atoms with Crippen LogP contribution in [0.4, 0.5) is 5.82 Å². The third-order valence-corrected chi connectivity index (χ3v) is 7.33. The Hall–Kier alpha value is -2.59. The van der Waals surface area contributed by atoms with Crippen molar-refractivity contribution in [3.63, 3.8) is 0 Å². The van der Waals surface area contributed by atoms with Crippen molar-refractivity contribution in [3.8, 4) is 0 Å². The van der Waals surface area contributed by atoms with E-state index in [9.17, 15) is 13.2 Å². The zero-order chi connectivity index (χ0) is 21.5. The van der Waals surface area contributed by atoms with Crippen LogP contribution < -0.4 is 5.32 Å². The Balaban J connectivity index is 1.80. The summed E-state index contributed by atoms with van der Waals surface area (Å²) in [4.78, 5) is 28.8. The second kappa shape index (κ2) is 7.92. The fourth-order valence-corrected chi connectivity index (χ4v) is 4.77. The molecule has 2 aliphatic heterocycles. The van der Waals surface area contributed by atoms with E-state index < -0.39 is 16.1 Å². The summed E-state index contributed by atoms with van der Waals surface area (Å²) in [7, 11) is -3.37. The number of carbonyl (C=O) groups is 1. The van der Waals surface area contributed by atoms with E-state index in [4.69, 9.17) is 4.98 Å². The Bertz CT molecular complexity index is 1110. The minimum atomic E-state index is -3.37. The third-order valence-electron chi connectivity index (χ3n) is 5.51. The number of para-hydroxylation sites is 1. The maximum Gasteiger partial charge on any atom is 0.270 e. The molecule has 0 aliphatic carbocycles. The topological polar surface area (TPSA) is 108 Å². The zero-order valence-corrected chi connectivity index (χ0v) is 18.2. The minimum Gasteiger partial charge on any atom is -0.357 e. The first-order valence-electron chi connectivity index (χ1n) is 10.1. The molecule has 10 heteroatoms. The van der Waals surface area contributed by atoms with E-state index in [2.05, 4.69) is 15.3 Å². The summed E-state index contributed by atoms with van der Waals surface area (Å²) in [6, 6.07) is 7.10. The van der Waals surface area contributed by atoms with Gasteiger partial charge in [0.1, 0.15) is 17.7 Å². The van der Waals surface area contributed by atoms with Crippen molar-refractivity contribution in [2.75, 3.05) is 30.7 Å². The molecular formula is C20H26N6O3S. The second-order valence-electron chi connectivity index (χ2n) is 7.89. The molecule has 0 saturated carbocycles. The molecule has 3 heterocycles. The van der Waals surface area contributed by atoms with E-state index in [0.717, 1.165) is 10.9 Å². The molecule has 0 spiro atoms. The molecule has 2 aromatic rings. The highest BCUT2D eigenvalue weighted by Gasteiger charge is 2.33. The number of fused-ring (bicyclic) bond motifs is 5. The number of hydrogen-bond acceptors (Lipinski definition) is 7. The Kier molecular flexibility index (Phi) is 5.46. The first-order chi connectivity index (χ1) is 14.3. The van der Waals surface area contributed by atoms with Gasteiger partial charge in [0.05, 0.1) is 24.4 Å².